The number of hydrogen-bond acceptors (Lipinski definition) is 8. The first-order valence-corrected chi connectivity index (χ1v) is 12.1. The van der Waals surface area contributed by atoms with Gasteiger partial charge < -0.3 is 19.5 Å². The minimum absolute atomic E-state index is 0.0150. The molecule has 0 aliphatic carbocycles. The number of pyridine rings is 1. The van der Waals surface area contributed by atoms with Gasteiger partial charge in [0.25, 0.3) is 12.6 Å². The highest BCUT2D eigenvalue weighted by atomic mass is 16.6. The van der Waals surface area contributed by atoms with E-state index in [1.54, 1.807) is 43.5 Å². The number of esters is 1. The second-order valence-corrected chi connectivity index (χ2v) is 8.69. The van der Waals surface area contributed by atoms with Gasteiger partial charge in [-0.15, -0.1) is 0 Å². The standard InChI is InChI=1S/C26H28BN5O5/c1-3-36-25(33)15-37-18-8-9-19(27(14-18)16-28)17-7-10-22(24(13-17)35-2)31-26(34)23-6-4-5-20(30-23)21-11-12-29-32-21/h4-7,10-13,18-19H,3,8-9,14-15H2,1-2H3,(H,29,32)(H,31,34). The summed E-state index contributed by atoms with van der Waals surface area (Å²) in [7, 11) is 1.54. The Morgan fingerprint density at radius 2 is 2.11 bits per heavy atom. The van der Waals surface area contributed by atoms with Crippen LogP contribution in [0, 0.1) is 11.2 Å². The third-order valence-electron chi connectivity index (χ3n) is 6.37. The molecule has 0 spiro atoms. The number of amides is 1. The Bertz CT molecular complexity index is 1280. The summed E-state index contributed by atoms with van der Waals surface area (Å²) in [6.07, 6.45) is 3.43. The van der Waals surface area contributed by atoms with Crippen molar-refractivity contribution in [2.45, 2.75) is 38.0 Å². The fourth-order valence-corrected chi connectivity index (χ4v) is 4.55. The summed E-state index contributed by atoms with van der Waals surface area (Å²) in [4.78, 5) is 29.0. The Morgan fingerprint density at radius 3 is 2.84 bits per heavy atom. The number of rotatable bonds is 9. The predicted octanol–water partition coefficient (Wildman–Crippen LogP) is 3.66. The summed E-state index contributed by atoms with van der Waals surface area (Å²) in [5, 5.41) is 19.4. The van der Waals surface area contributed by atoms with Gasteiger partial charge in [0.15, 0.2) is 0 Å². The van der Waals surface area contributed by atoms with E-state index < -0.39 is 5.97 Å². The van der Waals surface area contributed by atoms with Crippen molar-refractivity contribution >= 4 is 24.3 Å². The molecule has 2 N–H and O–H groups in total. The van der Waals surface area contributed by atoms with E-state index in [1.165, 1.54) is 7.11 Å². The Kier molecular flexibility index (Phi) is 8.54. The van der Waals surface area contributed by atoms with Crippen molar-refractivity contribution < 1.29 is 23.8 Å². The van der Waals surface area contributed by atoms with Crippen molar-refractivity contribution in [1.82, 2.24) is 15.2 Å². The van der Waals surface area contributed by atoms with E-state index in [1.807, 2.05) is 12.1 Å². The Morgan fingerprint density at radius 1 is 1.24 bits per heavy atom. The van der Waals surface area contributed by atoms with Crippen LogP contribution < -0.4 is 10.1 Å². The van der Waals surface area contributed by atoms with Crippen LogP contribution in [0.5, 0.6) is 5.75 Å². The van der Waals surface area contributed by atoms with Crippen LogP contribution in [-0.4, -0.2) is 60.2 Å². The highest BCUT2D eigenvalue weighted by Gasteiger charge is 2.36. The van der Waals surface area contributed by atoms with Crippen molar-refractivity contribution in [2.75, 3.05) is 25.6 Å². The number of nitriles is 1. The molecule has 2 atom stereocenters. The number of aromatic amines is 1. The molecule has 4 rings (SSSR count). The molecule has 37 heavy (non-hydrogen) atoms. The molecule has 1 aliphatic rings. The van der Waals surface area contributed by atoms with Crippen molar-refractivity contribution in [2.24, 2.45) is 0 Å². The van der Waals surface area contributed by atoms with Crippen LogP contribution in [0.15, 0.2) is 48.7 Å². The van der Waals surface area contributed by atoms with Gasteiger partial charge in [0.1, 0.15) is 18.1 Å². The number of ether oxygens (including phenoxy) is 3. The molecule has 1 aromatic carbocycles. The highest BCUT2D eigenvalue weighted by molar-refractivity contribution is 6.68. The molecular weight excluding hydrogens is 473 g/mol. The zero-order valence-corrected chi connectivity index (χ0v) is 20.8. The smallest absolute Gasteiger partial charge is 0.332 e. The number of H-pyrrole nitrogens is 1. The third kappa shape index (κ3) is 6.34. The summed E-state index contributed by atoms with van der Waals surface area (Å²) in [5.74, 6) is 2.10. The van der Waals surface area contributed by atoms with Gasteiger partial charge in [-0.1, -0.05) is 12.1 Å². The van der Waals surface area contributed by atoms with Crippen molar-refractivity contribution in [3.05, 3.63) is 59.9 Å². The second kappa shape index (κ2) is 12.2. The van der Waals surface area contributed by atoms with E-state index >= 15 is 0 Å². The lowest BCUT2D eigenvalue weighted by atomic mass is 9.35. The SMILES string of the molecule is CCOC(=O)COC1CCC(c2ccc(NC(=O)c3cccc(-c4ccn[nH]4)n3)c(OC)c2)B(C#N)C1. The molecule has 1 fully saturated rings. The second-order valence-electron chi connectivity index (χ2n) is 8.69. The van der Waals surface area contributed by atoms with Crippen molar-refractivity contribution in [3.63, 3.8) is 0 Å². The summed E-state index contributed by atoms with van der Waals surface area (Å²) in [6, 6.07) is 12.5. The number of nitrogens with zero attached hydrogens (tertiary/aromatic N) is 3. The molecule has 2 unspecified atom stereocenters. The maximum absolute atomic E-state index is 12.9. The Balaban J connectivity index is 1.44. The topological polar surface area (TPSA) is 139 Å². The molecule has 3 heterocycles. The van der Waals surface area contributed by atoms with Crippen LogP contribution in [0.3, 0.4) is 0 Å². The molecule has 3 aromatic rings. The van der Waals surface area contributed by atoms with Crippen LogP contribution in [0.25, 0.3) is 11.4 Å². The first-order chi connectivity index (χ1) is 18.0. The highest BCUT2D eigenvalue weighted by Crippen LogP contribution is 2.37. The van der Waals surface area contributed by atoms with Crippen molar-refractivity contribution in [1.29, 1.82) is 5.26 Å². The van der Waals surface area contributed by atoms with Crippen LogP contribution in [0.1, 0.15) is 41.6 Å². The monoisotopic (exact) mass is 501 g/mol. The minimum Gasteiger partial charge on any atom is -0.495 e. The number of hydrogen-bond donors (Lipinski definition) is 2. The van der Waals surface area contributed by atoms with Crippen LogP contribution in [-0.2, 0) is 14.3 Å². The van der Waals surface area contributed by atoms with E-state index in [2.05, 4.69) is 26.5 Å². The average molecular weight is 501 g/mol. The minimum atomic E-state index is -0.399. The van der Waals surface area contributed by atoms with Gasteiger partial charge in [0, 0.05) is 12.2 Å². The predicted molar refractivity (Wildman–Crippen MR) is 137 cm³/mol. The lowest BCUT2D eigenvalue weighted by Gasteiger charge is -2.31. The number of nitrogens with one attached hydrogen (secondary N) is 2. The van der Waals surface area contributed by atoms with Gasteiger partial charge >= 0.3 is 5.97 Å². The quantitative estimate of drug-likeness (QED) is 0.335. The maximum atomic E-state index is 12.9. The van der Waals surface area contributed by atoms with E-state index in [0.29, 0.717) is 35.8 Å². The van der Waals surface area contributed by atoms with Gasteiger partial charge in [0.05, 0.1) is 36.9 Å². The largest absolute Gasteiger partial charge is 0.495 e. The van der Waals surface area contributed by atoms with Crippen LogP contribution >= 0.6 is 0 Å². The molecule has 0 saturated carbocycles. The van der Waals surface area contributed by atoms with Gasteiger partial charge in [-0.2, -0.15) is 5.10 Å². The van der Waals surface area contributed by atoms with Gasteiger partial charge in [-0.05, 0) is 67.8 Å². The van der Waals surface area contributed by atoms with Crippen molar-refractivity contribution in [3.8, 4) is 23.1 Å². The number of aromatic nitrogens is 3. The number of anilines is 1. The van der Waals surface area contributed by atoms with Gasteiger partial charge in [0.2, 0.25) is 0 Å². The van der Waals surface area contributed by atoms with Gasteiger partial charge in [-0.25, -0.2) is 15.0 Å². The lowest BCUT2D eigenvalue weighted by molar-refractivity contribution is -0.150. The van der Waals surface area contributed by atoms with E-state index in [-0.39, 0.29) is 36.8 Å². The first-order valence-electron chi connectivity index (χ1n) is 12.1. The first kappa shape index (κ1) is 25.9. The Labute approximate surface area is 215 Å². The molecule has 0 bridgehead atoms. The summed E-state index contributed by atoms with van der Waals surface area (Å²) in [6.45, 7) is 1.67. The van der Waals surface area contributed by atoms with Gasteiger partial charge in [-0.3, -0.25) is 9.89 Å². The number of benzene rings is 1. The number of carbonyl (C=O) groups excluding carboxylic acids is 2. The van der Waals surface area contributed by atoms with E-state index in [0.717, 1.165) is 18.4 Å². The lowest BCUT2D eigenvalue weighted by Crippen LogP contribution is -2.35. The van der Waals surface area contributed by atoms with E-state index in [4.69, 9.17) is 14.2 Å². The van der Waals surface area contributed by atoms with Crippen LogP contribution in [0.4, 0.5) is 5.69 Å². The fourth-order valence-electron chi connectivity index (χ4n) is 4.55. The molecule has 1 aliphatic heterocycles. The molecule has 11 heteroatoms. The zero-order chi connectivity index (χ0) is 26.2. The average Bonchev–Trinajstić information content (AvgIpc) is 3.47. The number of methoxy groups -OCH3 is 1. The summed E-state index contributed by atoms with van der Waals surface area (Å²) in [5.41, 5.74) is 3.03. The van der Waals surface area contributed by atoms with E-state index in [9.17, 15) is 14.9 Å². The molecule has 2 aromatic heterocycles. The maximum Gasteiger partial charge on any atom is 0.332 e. The summed E-state index contributed by atoms with van der Waals surface area (Å²) < 4.78 is 16.2. The molecule has 1 saturated heterocycles. The number of carbonyl (C=O) groups is 2. The zero-order valence-electron chi connectivity index (χ0n) is 20.8. The molecular formula is C26H28BN5O5. The third-order valence-corrected chi connectivity index (χ3v) is 6.37. The fraction of sp³-hybridized carbons (Fsp3) is 0.346. The van der Waals surface area contributed by atoms with Crippen LogP contribution in [0.2, 0.25) is 6.32 Å². The molecule has 10 nitrogen and oxygen atoms in total. The molecule has 190 valence electrons. The Hall–Kier alpha value is -4.17. The summed E-state index contributed by atoms with van der Waals surface area (Å²) >= 11 is 0. The normalized spacial score (nSPS) is 17.1. The molecule has 1 amide bonds. The molecule has 0 radical (unpaired) electrons.